The number of aromatic hydroxyl groups is 1. The van der Waals surface area contributed by atoms with Gasteiger partial charge in [-0.2, -0.15) is 0 Å². The Kier molecular flexibility index (Phi) is 8.00. The molecular weight excluding hydrogens is 384 g/mol. The molecule has 0 spiro atoms. The molecule has 0 bridgehead atoms. The zero-order valence-corrected chi connectivity index (χ0v) is 18.7. The van der Waals surface area contributed by atoms with Gasteiger partial charge in [0.2, 0.25) is 0 Å². The number of alkyl carbamates (subject to hydrolysis) is 1. The third-order valence-electron chi connectivity index (χ3n) is 4.30. The second-order valence-electron chi connectivity index (χ2n) is 8.10. The molecule has 30 heavy (non-hydrogen) atoms. The van der Waals surface area contributed by atoms with Gasteiger partial charge >= 0.3 is 6.09 Å². The first-order valence-corrected chi connectivity index (χ1v) is 9.98. The molecule has 1 fully saturated rings. The number of phenols is 1. The number of morpholine rings is 1. The summed E-state index contributed by atoms with van der Waals surface area (Å²) in [5, 5.41) is 21.1. The minimum atomic E-state index is -0.389. The van der Waals surface area contributed by atoms with Crippen LogP contribution >= 0.6 is 0 Å². The highest BCUT2D eigenvalue weighted by Gasteiger charge is 2.15. The van der Waals surface area contributed by atoms with Gasteiger partial charge in [0.15, 0.2) is 5.82 Å². The number of nitrogens with one attached hydrogen (secondary N) is 1. The number of aryl methyl sites for hydroxylation is 2. The molecule has 0 atom stereocenters. The lowest BCUT2D eigenvalue weighted by molar-refractivity contribution is 0.0541. The summed E-state index contributed by atoms with van der Waals surface area (Å²) < 4.78 is 10.2. The van der Waals surface area contributed by atoms with Crippen LogP contribution in [0.1, 0.15) is 31.9 Å². The van der Waals surface area contributed by atoms with Gasteiger partial charge in [0.05, 0.1) is 18.9 Å². The average Bonchev–Trinajstić information content (AvgIpc) is 2.67. The normalized spacial score (nSPS) is 13.9. The number of hydrogen-bond donors (Lipinski definition) is 2. The van der Waals surface area contributed by atoms with Crippen molar-refractivity contribution in [2.24, 2.45) is 0 Å². The molecule has 0 saturated carbocycles. The average molecular weight is 417 g/mol. The number of anilines is 1. The van der Waals surface area contributed by atoms with Crippen molar-refractivity contribution in [3.8, 4) is 17.0 Å². The fourth-order valence-electron chi connectivity index (χ4n) is 3.03. The molecule has 2 aromatic rings. The Hall–Kier alpha value is -2.87. The van der Waals surface area contributed by atoms with E-state index in [2.05, 4.69) is 20.4 Å². The van der Waals surface area contributed by atoms with Crippen LogP contribution in [0.3, 0.4) is 0 Å². The topological polar surface area (TPSA) is 96.8 Å². The summed E-state index contributed by atoms with van der Waals surface area (Å²) in [6.07, 6.45) is -0.387. The predicted octanol–water partition coefficient (Wildman–Crippen LogP) is 3.44. The van der Waals surface area contributed by atoms with E-state index in [9.17, 15) is 9.90 Å². The summed E-state index contributed by atoms with van der Waals surface area (Å²) in [6.45, 7) is 12.5. The van der Waals surface area contributed by atoms with Crippen LogP contribution in [0.15, 0.2) is 24.3 Å². The number of aromatic nitrogens is 2. The largest absolute Gasteiger partial charge is 0.507 e. The van der Waals surface area contributed by atoms with Gasteiger partial charge in [0.25, 0.3) is 0 Å². The van der Waals surface area contributed by atoms with Gasteiger partial charge in [-0.3, -0.25) is 0 Å². The molecule has 3 rings (SSSR count). The van der Waals surface area contributed by atoms with Gasteiger partial charge in [0.1, 0.15) is 11.4 Å². The fraction of sp³-hybridized carbons (Fsp3) is 0.500. The number of carbonyl (C=O) groups is 1. The van der Waals surface area contributed by atoms with E-state index in [0.717, 1.165) is 48.8 Å². The molecule has 1 aromatic heterocycles. The minimum absolute atomic E-state index is 0.251. The van der Waals surface area contributed by atoms with Gasteiger partial charge in [-0.15, -0.1) is 10.2 Å². The van der Waals surface area contributed by atoms with Crippen molar-refractivity contribution in [2.45, 2.75) is 40.2 Å². The number of hydrogen-bond acceptors (Lipinski definition) is 7. The minimum Gasteiger partial charge on any atom is -0.507 e. The van der Waals surface area contributed by atoms with Crippen LogP contribution in [0.4, 0.5) is 10.6 Å². The Morgan fingerprint density at radius 1 is 1.17 bits per heavy atom. The molecule has 8 heteroatoms. The summed E-state index contributed by atoms with van der Waals surface area (Å²) in [6, 6.07) is 7.65. The molecule has 1 saturated heterocycles. The van der Waals surface area contributed by atoms with Gasteiger partial charge in [-0.1, -0.05) is 6.07 Å². The summed E-state index contributed by atoms with van der Waals surface area (Å²) >= 11 is 0. The monoisotopic (exact) mass is 416 g/mol. The number of nitrogens with zero attached hydrogens (tertiary/aromatic N) is 3. The molecule has 1 aliphatic rings. The predicted molar refractivity (Wildman–Crippen MR) is 117 cm³/mol. The Balaban J connectivity index is 0.000000303. The van der Waals surface area contributed by atoms with Crippen molar-refractivity contribution in [3.05, 3.63) is 35.4 Å². The summed E-state index contributed by atoms with van der Waals surface area (Å²) in [5.74, 6) is 1.10. The van der Waals surface area contributed by atoms with Crippen LogP contribution in [-0.2, 0) is 9.47 Å². The van der Waals surface area contributed by atoms with E-state index >= 15 is 0 Å². The number of phenolic OH excluding ortho intramolecular Hbond substituents is 1. The maximum Gasteiger partial charge on any atom is 0.407 e. The summed E-state index contributed by atoms with van der Waals surface area (Å²) in [4.78, 5) is 12.6. The second-order valence-corrected chi connectivity index (χ2v) is 8.10. The molecule has 1 aliphatic heterocycles. The molecule has 1 aromatic carbocycles. The number of ether oxygens (including phenoxy) is 2. The molecule has 1 amide bonds. The molecule has 164 valence electrons. The zero-order chi connectivity index (χ0) is 22.3. The molecule has 0 aliphatic carbocycles. The standard InChI is InChI=1S/C16H19N3O2.C6H13NO2/c1-11-9-12(2)16(14(20)10-11)13-3-4-15(18-17-13)19-5-7-21-8-6-19;1-6(2,3)9-5(8)7-4/h3-4,9-10,20H,5-8H2,1-2H3;1-4H3,(H,7,8). The van der Waals surface area contributed by atoms with E-state index in [1.165, 1.54) is 7.05 Å². The van der Waals surface area contributed by atoms with Crippen molar-refractivity contribution < 1.29 is 19.4 Å². The number of rotatable bonds is 2. The van der Waals surface area contributed by atoms with Crippen molar-refractivity contribution in [3.63, 3.8) is 0 Å². The van der Waals surface area contributed by atoms with Gasteiger partial charge < -0.3 is 24.8 Å². The first-order valence-electron chi connectivity index (χ1n) is 9.98. The maximum atomic E-state index is 10.5. The lowest BCUT2D eigenvalue weighted by Crippen LogP contribution is -2.36. The fourth-order valence-corrected chi connectivity index (χ4v) is 3.03. The van der Waals surface area contributed by atoms with E-state index in [1.807, 2.05) is 52.8 Å². The summed E-state index contributed by atoms with van der Waals surface area (Å²) in [7, 11) is 1.54. The molecule has 2 heterocycles. The smallest absolute Gasteiger partial charge is 0.407 e. The Morgan fingerprint density at radius 2 is 1.83 bits per heavy atom. The number of carbonyl (C=O) groups excluding carboxylic acids is 1. The molecular formula is C22H32N4O4. The molecule has 0 radical (unpaired) electrons. The van der Waals surface area contributed by atoms with E-state index in [-0.39, 0.29) is 17.4 Å². The van der Waals surface area contributed by atoms with Crippen LogP contribution in [-0.4, -0.2) is 60.3 Å². The van der Waals surface area contributed by atoms with Crippen LogP contribution in [0.25, 0.3) is 11.3 Å². The molecule has 0 unspecified atom stereocenters. The maximum absolute atomic E-state index is 10.5. The van der Waals surface area contributed by atoms with E-state index in [0.29, 0.717) is 5.69 Å². The second kappa shape index (κ2) is 10.2. The lowest BCUT2D eigenvalue weighted by atomic mass is 10.0. The van der Waals surface area contributed by atoms with Crippen LogP contribution in [0.2, 0.25) is 0 Å². The van der Waals surface area contributed by atoms with Gasteiger partial charge in [-0.25, -0.2) is 4.79 Å². The van der Waals surface area contributed by atoms with Crippen molar-refractivity contribution in [1.29, 1.82) is 0 Å². The van der Waals surface area contributed by atoms with E-state index < -0.39 is 0 Å². The third-order valence-corrected chi connectivity index (χ3v) is 4.30. The third kappa shape index (κ3) is 6.88. The van der Waals surface area contributed by atoms with Crippen LogP contribution in [0.5, 0.6) is 5.75 Å². The first kappa shape index (κ1) is 23.4. The van der Waals surface area contributed by atoms with E-state index in [4.69, 9.17) is 9.47 Å². The quantitative estimate of drug-likeness (QED) is 0.774. The first-order chi connectivity index (χ1) is 14.1. The Bertz CT molecular complexity index is 818. The highest BCUT2D eigenvalue weighted by Crippen LogP contribution is 2.32. The summed E-state index contributed by atoms with van der Waals surface area (Å²) in [5.41, 5.74) is 3.09. The van der Waals surface area contributed by atoms with Crippen molar-refractivity contribution in [2.75, 3.05) is 38.3 Å². The Morgan fingerprint density at radius 3 is 2.30 bits per heavy atom. The lowest BCUT2D eigenvalue weighted by Gasteiger charge is -2.27. The van der Waals surface area contributed by atoms with Gasteiger partial charge in [0, 0.05) is 25.7 Å². The number of amides is 1. The SMILES string of the molecule is CNC(=O)OC(C)(C)C.Cc1cc(C)c(-c2ccc(N3CCOCC3)nn2)c(O)c1. The molecule has 2 N–H and O–H groups in total. The molecule has 8 nitrogen and oxygen atoms in total. The number of benzene rings is 1. The zero-order valence-electron chi connectivity index (χ0n) is 18.7. The Labute approximate surface area is 178 Å². The van der Waals surface area contributed by atoms with Gasteiger partial charge in [-0.05, 0) is 63.9 Å². The van der Waals surface area contributed by atoms with E-state index in [1.54, 1.807) is 6.07 Å². The highest BCUT2D eigenvalue weighted by atomic mass is 16.6. The van der Waals surface area contributed by atoms with Crippen LogP contribution < -0.4 is 10.2 Å². The van der Waals surface area contributed by atoms with Crippen molar-refractivity contribution >= 4 is 11.9 Å². The highest BCUT2D eigenvalue weighted by molar-refractivity contribution is 5.71. The van der Waals surface area contributed by atoms with Crippen LogP contribution in [0, 0.1) is 13.8 Å². The van der Waals surface area contributed by atoms with Crippen molar-refractivity contribution in [1.82, 2.24) is 15.5 Å².